The normalized spacial score (nSPS) is 31.9. The van der Waals surface area contributed by atoms with Gasteiger partial charge in [-0.25, -0.2) is 5.43 Å². The third-order valence-electron chi connectivity index (χ3n) is 4.85. The Morgan fingerprint density at radius 3 is 3.05 bits per heavy atom. The number of halogens is 1. The Hall–Kier alpha value is -1.16. The van der Waals surface area contributed by atoms with Crippen molar-refractivity contribution in [2.75, 3.05) is 0 Å². The predicted molar refractivity (Wildman–Crippen MR) is 83.4 cm³/mol. The van der Waals surface area contributed by atoms with Crippen LogP contribution in [0.4, 0.5) is 0 Å². The van der Waals surface area contributed by atoms with Crippen molar-refractivity contribution in [2.45, 2.75) is 32.6 Å². The molecule has 4 heteroatoms. The van der Waals surface area contributed by atoms with Gasteiger partial charge < -0.3 is 0 Å². The van der Waals surface area contributed by atoms with Gasteiger partial charge in [0.05, 0.1) is 6.21 Å². The highest BCUT2D eigenvalue weighted by molar-refractivity contribution is 9.10. The molecule has 1 aromatic rings. The van der Waals surface area contributed by atoms with Gasteiger partial charge >= 0.3 is 0 Å². The molecule has 0 heterocycles. The number of nitrogens with zero attached hydrogens (tertiary/aromatic N) is 1. The van der Waals surface area contributed by atoms with Crippen LogP contribution in [0.15, 0.2) is 33.8 Å². The van der Waals surface area contributed by atoms with Crippen LogP contribution in [0.5, 0.6) is 0 Å². The Kier molecular flexibility index (Phi) is 3.67. The minimum atomic E-state index is 0.0886. The van der Waals surface area contributed by atoms with E-state index in [9.17, 15) is 4.79 Å². The summed E-state index contributed by atoms with van der Waals surface area (Å²) < 4.78 is 1.01. The second-order valence-electron chi connectivity index (χ2n) is 6.13. The fourth-order valence-corrected chi connectivity index (χ4v) is 4.09. The van der Waals surface area contributed by atoms with Crippen LogP contribution in [-0.4, -0.2) is 12.1 Å². The summed E-state index contributed by atoms with van der Waals surface area (Å²) in [6.07, 6.45) is 6.61. The van der Waals surface area contributed by atoms with Crippen molar-refractivity contribution in [1.29, 1.82) is 0 Å². The number of benzene rings is 1. The molecule has 3 nitrogen and oxygen atoms in total. The first-order valence-electron chi connectivity index (χ1n) is 7.20. The molecule has 2 fully saturated rings. The number of carbonyl (C=O) groups is 1. The smallest absolute Gasteiger partial charge is 0.244 e. The molecule has 1 N–H and O–H groups in total. The summed E-state index contributed by atoms with van der Waals surface area (Å²) in [6, 6.07) is 7.84. The number of rotatable bonds is 3. The Labute approximate surface area is 128 Å². The van der Waals surface area contributed by atoms with E-state index in [1.54, 1.807) is 6.21 Å². The van der Waals surface area contributed by atoms with E-state index in [1.165, 1.54) is 25.7 Å². The van der Waals surface area contributed by atoms with Gasteiger partial charge in [0.25, 0.3) is 0 Å². The van der Waals surface area contributed by atoms with E-state index in [0.717, 1.165) is 10.0 Å². The quantitative estimate of drug-likeness (QED) is 0.664. The number of hydrogen-bond acceptors (Lipinski definition) is 2. The highest BCUT2D eigenvalue weighted by Crippen LogP contribution is 2.66. The molecule has 2 aliphatic carbocycles. The molecule has 1 aromatic carbocycles. The van der Waals surface area contributed by atoms with Gasteiger partial charge in [-0.2, -0.15) is 5.10 Å². The van der Waals surface area contributed by atoms with Crippen LogP contribution in [0, 0.1) is 17.3 Å². The number of amides is 1. The zero-order valence-electron chi connectivity index (χ0n) is 11.6. The Morgan fingerprint density at radius 2 is 2.35 bits per heavy atom. The molecule has 0 saturated heterocycles. The minimum absolute atomic E-state index is 0.0886. The first-order valence-corrected chi connectivity index (χ1v) is 7.99. The third-order valence-corrected chi connectivity index (χ3v) is 5.34. The van der Waals surface area contributed by atoms with Gasteiger partial charge in [-0.15, -0.1) is 0 Å². The molecule has 0 aromatic heterocycles. The van der Waals surface area contributed by atoms with E-state index in [4.69, 9.17) is 0 Å². The second-order valence-corrected chi connectivity index (χ2v) is 7.04. The van der Waals surface area contributed by atoms with Crippen molar-refractivity contribution < 1.29 is 4.79 Å². The summed E-state index contributed by atoms with van der Waals surface area (Å²) >= 11 is 3.42. The average molecular weight is 335 g/mol. The van der Waals surface area contributed by atoms with E-state index < -0.39 is 0 Å². The van der Waals surface area contributed by atoms with E-state index in [2.05, 4.69) is 33.4 Å². The molecule has 106 valence electrons. The largest absolute Gasteiger partial charge is 0.273 e. The highest BCUT2D eigenvalue weighted by atomic mass is 79.9. The van der Waals surface area contributed by atoms with Crippen molar-refractivity contribution in [3.8, 4) is 0 Å². The minimum Gasteiger partial charge on any atom is -0.273 e. The molecule has 0 bridgehead atoms. The summed E-state index contributed by atoms with van der Waals surface area (Å²) in [7, 11) is 0. The molecule has 0 aliphatic heterocycles. The monoisotopic (exact) mass is 334 g/mol. The molecule has 3 rings (SSSR count). The average Bonchev–Trinajstić information content (AvgIpc) is 3.04. The summed E-state index contributed by atoms with van der Waals surface area (Å²) in [6.45, 7) is 2.25. The molecule has 20 heavy (non-hydrogen) atoms. The molecule has 0 unspecified atom stereocenters. The van der Waals surface area contributed by atoms with Gasteiger partial charge in [0.1, 0.15) is 0 Å². The fraction of sp³-hybridized carbons (Fsp3) is 0.500. The van der Waals surface area contributed by atoms with Crippen LogP contribution < -0.4 is 5.43 Å². The lowest BCUT2D eigenvalue weighted by Gasteiger charge is -2.15. The predicted octanol–water partition coefficient (Wildman–Crippen LogP) is 3.73. The molecule has 2 saturated carbocycles. The van der Waals surface area contributed by atoms with Crippen LogP contribution >= 0.6 is 15.9 Å². The molecule has 0 radical (unpaired) electrons. The zero-order valence-corrected chi connectivity index (χ0v) is 13.2. The van der Waals surface area contributed by atoms with E-state index in [-0.39, 0.29) is 17.2 Å². The molecule has 1 amide bonds. The third kappa shape index (κ3) is 2.53. The SMILES string of the molecule is C[C@]12CCCC[C@@H]1[C@H]2C(=O)N/N=C\c1cccc(Br)c1. The molecule has 2 aliphatic rings. The fourth-order valence-electron chi connectivity index (χ4n) is 3.68. The molecule has 0 spiro atoms. The number of fused-ring (bicyclic) bond motifs is 1. The maximum atomic E-state index is 12.2. The topological polar surface area (TPSA) is 41.5 Å². The Morgan fingerprint density at radius 1 is 1.50 bits per heavy atom. The van der Waals surface area contributed by atoms with Gasteiger partial charge in [-0.3, -0.25) is 4.79 Å². The van der Waals surface area contributed by atoms with Gasteiger partial charge in [0.15, 0.2) is 0 Å². The van der Waals surface area contributed by atoms with Crippen LogP contribution in [0.2, 0.25) is 0 Å². The summed E-state index contributed by atoms with van der Waals surface area (Å²) in [5.41, 5.74) is 3.92. The van der Waals surface area contributed by atoms with Crippen LogP contribution in [0.25, 0.3) is 0 Å². The van der Waals surface area contributed by atoms with Crippen molar-refractivity contribution in [2.24, 2.45) is 22.4 Å². The first-order chi connectivity index (χ1) is 9.61. The molecule has 3 atom stereocenters. The van der Waals surface area contributed by atoms with Crippen molar-refractivity contribution in [3.05, 3.63) is 34.3 Å². The number of hydrazone groups is 1. The van der Waals surface area contributed by atoms with Gasteiger partial charge in [0, 0.05) is 10.4 Å². The van der Waals surface area contributed by atoms with Gasteiger partial charge in [-0.1, -0.05) is 47.8 Å². The molecular weight excluding hydrogens is 316 g/mol. The van der Waals surface area contributed by atoms with Gasteiger partial charge in [0.2, 0.25) is 5.91 Å². The standard InChI is InChI=1S/C16H19BrN2O/c1-16-8-3-2-7-13(16)14(16)15(20)19-18-10-11-5-4-6-12(17)9-11/h4-6,9-10,13-14H,2-3,7-8H2,1H3,(H,19,20)/b18-10-/t13-,14+,16+/m1/s1. The summed E-state index contributed by atoms with van der Waals surface area (Å²) in [5, 5.41) is 4.09. The van der Waals surface area contributed by atoms with Crippen molar-refractivity contribution >= 4 is 28.1 Å². The Balaban J connectivity index is 1.58. The number of carbonyl (C=O) groups excluding carboxylic acids is 1. The van der Waals surface area contributed by atoms with Crippen LogP contribution in [-0.2, 0) is 4.79 Å². The lowest BCUT2D eigenvalue weighted by atomic mass is 9.90. The van der Waals surface area contributed by atoms with Crippen LogP contribution in [0.3, 0.4) is 0 Å². The van der Waals surface area contributed by atoms with E-state index in [0.29, 0.717) is 5.92 Å². The summed E-state index contributed by atoms with van der Waals surface area (Å²) in [4.78, 5) is 12.2. The maximum Gasteiger partial charge on any atom is 0.244 e. The van der Waals surface area contributed by atoms with Gasteiger partial charge in [-0.05, 0) is 41.9 Å². The van der Waals surface area contributed by atoms with Crippen molar-refractivity contribution in [1.82, 2.24) is 5.43 Å². The van der Waals surface area contributed by atoms with Crippen molar-refractivity contribution in [3.63, 3.8) is 0 Å². The number of nitrogens with one attached hydrogen (secondary N) is 1. The zero-order chi connectivity index (χ0) is 14.2. The first kappa shape index (κ1) is 13.8. The van der Waals surface area contributed by atoms with Crippen LogP contribution in [0.1, 0.15) is 38.2 Å². The number of hydrogen-bond donors (Lipinski definition) is 1. The summed E-state index contributed by atoms with van der Waals surface area (Å²) in [5.74, 6) is 0.840. The highest BCUT2D eigenvalue weighted by Gasteiger charge is 2.64. The Bertz CT molecular complexity index is 557. The second kappa shape index (κ2) is 5.32. The lowest BCUT2D eigenvalue weighted by molar-refractivity contribution is -0.123. The maximum absolute atomic E-state index is 12.2. The lowest BCUT2D eigenvalue weighted by Crippen LogP contribution is -2.22. The van der Waals surface area contributed by atoms with E-state index >= 15 is 0 Å². The van der Waals surface area contributed by atoms with E-state index in [1.807, 2.05) is 24.3 Å². The molecular formula is C16H19BrN2O.